The molecule has 1 aromatic carbocycles. The van der Waals surface area contributed by atoms with Gasteiger partial charge in [0.15, 0.2) is 5.82 Å². The smallest absolute Gasteiger partial charge is 0.322 e. The zero-order chi connectivity index (χ0) is 16.0. The lowest BCUT2D eigenvalue weighted by molar-refractivity contribution is 0.240. The third-order valence-electron chi connectivity index (χ3n) is 4.29. The molecule has 0 spiro atoms. The van der Waals surface area contributed by atoms with Crippen LogP contribution in [0, 0.1) is 0 Å². The number of benzene rings is 1. The van der Waals surface area contributed by atoms with Crippen molar-refractivity contribution in [3.63, 3.8) is 0 Å². The molecule has 2 amide bonds. The average Bonchev–Trinajstić information content (AvgIpc) is 3.12. The number of hydrogen-bond donors (Lipinski definition) is 1. The van der Waals surface area contributed by atoms with E-state index in [1.807, 2.05) is 38.1 Å². The van der Waals surface area contributed by atoms with Crippen LogP contribution in [-0.4, -0.2) is 22.2 Å². The van der Waals surface area contributed by atoms with E-state index in [1.165, 1.54) is 0 Å². The fourth-order valence-corrected chi connectivity index (χ4v) is 3.04. The highest BCUT2D eigenvalue weighted by Gasteiger charge is 2.39. The molecule has 1 aliphatic heterocycles. The predicted octanol–water partition coefficient (Wildman–Crippen LogP) is 3.17. The van der Waals surface area contributed by atoms with Crippen LogP contribution in [0.3, 0.4) is 0 Å². The minimum atomic E-state index is -0.230. The molecule has 23 heavy (non-hydrogen) atoms. The lowest BCUT2D eigenvalue weighted by atomic mass is 10.1. The van der Waals surface area contributed by atoms with Crippen molar-refractivity contribution < 1.29 is 9.32 Å². The summed E-state index contributed by atoms with van der Waals surface area (Å²) in [6, 6.07) is 7.66. The zero-order valence-electron chi connectivity index (χ0n) is 13.3. The Morgan fingerprint density at radius 1 is 1.35 bits per heavy atom. The highest BCUT2D eigenvalue weighted by Crippen LogP contribution is 2.42. The summed E-state index contributed by atoms with van der Waals surface area (Å²) in [4.78, 5) is 19.0. The third kappa shape index (κ3) is 2.58. The van der Waals surface area contributed by atoms with Crippen molar-refractivity contribution in [2.45, 2.75) is 51.1 Å². The van der Waals surface area contributed by atoms with Crippen molar-refractivity contribution in [2.75, 3.05) is 4.90 Å². The number of para-hydroxylation sites is 1. The van der Waals surface area contributed by atoms with Crippen LogP contribution in [0.2, 0.25) is 0 Å². The summed E-state index contributed by atoms with van der Waals surface area (Å²) in [5.41, 5.74) is 2.05. The molecular weight excluding hydrogens is 292 g/mol. The molecule has 1 N–H and O–H groups in total. The molecule has 120 valence electrons. The lowest BCUT2D eigenvalue weighted by Gasteiger charge is -2.24. The van der Waals surface area contributed by atoms with Crippen molar-refractivity contribution in [3.05, 3.63) is 41.5 Å². The molecule has 1 aliphatic carbocycles. The molecule has 1 atom stereocenters. The van der Waals surface area contributed by atoms with Gasteiger partial charge < -0.3 is 9.84 Å². The summed E-state index contributed by atoms with van der Waals surface area (Å²) < 4.78 is 5.48. The number of nitrogens with one attached hydrogen (secondary N) is 1. The van der Waals surface area contributed by atoms with Gasteiger partial charge in [-0.05, 0) is 38.3 Å². The quantitative estimate of drug-likeness (QED) is 0.945. The van der Waals surface area contributed by atoms with E-state index in [-0.39, 0.29) is 18.1 Å². The Balaban J connectivity index is 1.68. The first-order valence-electron chi connectivity index (χ1n) is 8.14. The largest absolute Gasteiger partial charge is 0.337 e. The van der Waals surface area contributed by atoms with Crippen molar-refractivity contribution in [2.24, 2.45) is 0 Å². The molecule has 1 unspecified atom stereocenters. The summed E-state index contributed by atoms with van der Waals surface area (Å²) in [5, 5.41) is 7.06. The molecule has 1 saturated carbocycles. The summed E-state index contributed by atoms with van der Waals surface area (Å²) in [7, 11) is 0. The van der Waals surface area contributed by atoms with Crippen LogP contribution in [-0.2, 0) is 6.42 Å². The summed E-state index contributed by atoms with van der Waals surface area (Å²) in [6.45, 7) is 3.90. The molecular formula is C17H20N4O2. The van der Waals surface area contributed by atoms with E-state index in [4.69, 9.17) is 4.52 Å². The number of carbonyl (C=O) groups excluding carboxylic acids is 1. The van der Waals surface area contributed by atoms with Gasteiger partial charge in [-0.3, -0.25) is 4.90 Å². The molecule has 6 heteroatoms. The summed E-state index contributed by atoms with van der Waals surface area (Å²) in [6.07, 6.45) is 2.96. The van der Waals surface area contributed by atoms with Gasteiger partial charge in [0, 0.05) is 24.1 Å². The molecule has 6 nitrogen and oxygen atoms in total. The molecule has 4 rings (SSSR count). The van der Waals surface area contributed by atoms with Crippen LogP contribution < -0.4 is 10.2 Å². The topological polar surface area (TPSA) is 71.3 Å². The molecule has 1 aromatic heterocycles. The lowest BCUT2D eigenvalue weighted by Crippen LogP contribution is -2.43. The van der Waals surface area contributed by atoms with Crippen molar-refractivity contribution in [3.8, 4) is 0 Å². The van der Waals surface area contributed by atoms with Gasteiger partial charge in [-0.1, -0.05) is 23.4 Å². The number of fused-ring (bicyclic) bond motifs is 1. The number of rotatable bonds is 3. The maximum Gasteiger partial charge on any atom is 0.322 e. The standard InChI is InChI=1S/C17H20N4O2/c1-10(2)18-17(22)21-13-6-4-3-5-12(13)9-14(21)16-19-15(20-23-16)11-7-8-11/h3-6,10-11,14H,7-9H2,1-2H3,(H,18,22). The Bertz CT molecular complexity index is 736. The average molecular weight is 312 g/mol. The van der Waals surface area contributed by atoms with E-state index >= 15 is 0 Å². The third-order valence-corrected chi connectivity index (χ3v) is 4.29. The second-order valence-electron chi connectivity index (χ2n) is 6.59. The molecule has 2 aromatic rings. The normalized spacial score (nSPS) is 20.0. The van der Waals surface area contributed by atoms with E-state index < -0.39 is 0 Å². The highest BCUT2D eigenvalue weighted by molar-refractivity contribution is 5.95. The molecule has 0 radical (unpaired) electrons. The van der Waals surface area contributed by atoms with Gasteiger partial charge in [0.05, 0.1) is 0 Å². The van der Waals surface area contributed by atoms with E-state index in [0.717, 1.165) is 29.9 Å². The van der Waals surface area contributed by atoms with E-state index in [1.54, 1.807) is 4.90 Å². The van der Waals surface area contributed by atoms with Crippen molar-refractivity contribution in [1.29, 1.82) is 0 Å². The van der Waals surface area contributed by atoms with Crippen LogP contribution in [0.25, 0.3) is 0 Å². The number of nitrogens with zero attached hydrogens (tertiary/aromatic N) is 3. The predicted molar refractivity (Wildman–Crippen MR) is 85.3 cm³/mol. The number of aromatic nitrogens is 2. The Labute approximate surface area is 134 Å². The first-order valence-corrected chi connectivity index (χ1v) is 8.14. The second-order valence-corrected chi connectivity index (χ2v) is 6.59. The Hall–Kier alpha value is -2.37. The van der Waals surface area contributed by atoms with Gasteiger partial charge in [0.2, 0.25) is 5.89 Å². The van der Waals surface area contributed by atoms with Gasteiger partial charge in [-0.15, -0.1) is 0 Å². The van der Waals surface area contributed by atoms with Gasteiger partial charge in [0.25, 0.3) is 0 Å². The van der Waals surface area contributed by atoms with E-state index in [2.05, 4.69) is 15.5 Å². The van der Waals surface area contributed by atoms with E-state index in [0.29, 0.717) is 18.2 Å². The van der Waals surface area contributed by atoms with Crippen LogP contribution in [0.5, 0.6) is 0 Å². The Kier molecular flexibility index (Phi) is 3.32. The second kappa shape index (κ2) is 5.37. The molecule has 2 heterocycles. The minimum absolute atomic E-state index is 0.0700. The van der Waals surface area contributed by atoms with Crippen molar-refractivity contribution >= 4 is 11.7 Å². The van der Waals surface area contributed by atoms with Crippen LogP contribution in [0.4, 0.5) is 10.5 Å². The number of anilines is 1. The van der Waals surface area contributed by atoms with Crippen molar-refractivity contribution in [1.82, 2.24) is 15.5 Å². The number of urea groups is 1. The molecule has 2 aliphatic rings. The fraction of sp³-hybridized carbons (Fsp3) is 0.471. The Morgan fingerprint density at radius 3 is 2.87 bits per heavy atom. The summed E-state index contributed by atoms with van der Waals surface area (Å²) in [5.74, 6) is 1.75. The van der Waals surface area contributed by atoms with Crippen LogP contribution >= 0.6 is 0 Å². The Morgan fingerprint density at radius 2 is 2.13 bits per heavy atom. The van der Waals surface area contributed by atoms with E-state index in [9.17, 15) is 4.79 Å². The molecule has 0 saturated heterocycles. The summed E-state index contributed by atoms with van der Waals surface area (Å²) >= 11 is 0. The first kappa shape index (κ1) is 14.2. The molecule has 1 fully saturated rings. The zero-order valence-corrected chi connectivity index (χ0v) is 13.3. The van der Waals surface area contributed by atoms with Gasteiger partial charge in [-0.2, -0.15) is 4.98 Å². The van der Waals surface area contributed by atoms with Gasteiger partial charge >= 0.3 is 6.03 Å². The fourth-order valence-electron chi connectivity index (χ4n) is 3.04. The number of amides is 2. The maximum atomic E-state index is 12.7. The van der Waals surface area contributed by atoms with Crippen LogP contribution in [0.15, 0.2) is 28.8 Å². The number of carbonyl (C=O) groups is 1. The monoisotopic (exact) mass is 312 g/mol. The minimum Gasteiger partial charge on any atom is -0.337 e. The van der Waals surface area contributed by atoms with Gasteiger partial charge in [0.1, 0.15) is 6.04 Å². The number of hydrogen-bond acceptors (Lipinski definition) is 4. The first-order chi connectivity index (χ1) is 11.1. The highest BCUT2D eigenvalue weighted by atomic mass is 16.5. The van der Waals surface area contributed by atoms with Gasteiger partial charge in [-0.25, -0.2) is 4.79 Å². The van der Waals surface area contributed by atoms with Crippen LogP contribution in [0.1, 0.15) is 55.9 Å². The SMILES string of the molecule is CC(C)NC(=O)N1c2ccccc2CC1c1nc(C2CC2)no1. The maximum absolute atomic E-state index is 12.7. The molecule has 0 bridgehead atoms.